The number of aryl methyl sites for hydroxylation is 2. The number of halogens is 1. The molecule has 0 spiro atoms. The molecule has 3 nitrogen and oxygen atoms in total. The molecule has 0 aliphatic rings. The second kappa shape index (κ2) is 5.84. The summed E-state index contributed by atoms with van der Waals surface area (Å²) < 4.78 is 13.2. The van der Waals surface area contributed by atoms with E-state index in [4.69, 9.17) is 5.53 Å². The van der Waals surface area contributed by atoms with Gasteiger partial charge in [-0.05, 0) is 47.7 Å². The third-order valence-corrected chi connectivity index (χ3v) is 2.72. The van der Waals surface area contributed by atoms with Crippen molar-refractivity contribution in [2.24, 2.45) is 5.11 Å². The molecule has 0 aromatic heterocycles. The van der Waals surface area contributed by atoms with Crippen molar-refractivity contribution in [3.63, 3.8) is 0 Å². The fourth-order valence-corrected chi connectivity index (χ4v) is 1.82. The van der Waals surface area contributed by atoms with Crippen LogP contribution in [0.3, 0.4) is 0 Å². The van der Waals surface area contributed by atoms with Gasteiger partial charge < -0.3 is 0 Å². The Balaban J connectivity index is 2.18. The first-order valence-corrected chi connectivity index (χ1v) is 5.67. The minimum atomic E-state index is -0.310. The maximum atomic E-state index is 13.2. The van der Waals surface area contributed by atoms with Crippen LogP contribution in [0.15, 0.2) is 53.6 Å². The van der Waals surface area contributed by atoms with E-state index in [0.717, 1.165) is 12.0 Å². The van der Waals surface area contributed by atoms with E-state index in [-0.39, 0.29) is 5.82 Å². The highest BCUT2D eigenvalue weighted by molar-refractivity contribution is 5.46. The van der Waals surface area contributed by atoms with Crippen molar-refractivity contribution in [3.8, 4) is 0 Å². The first-order chi connectivity index (χ1) is 8.79. The van der Waals surface area contributed by atoms with E-state index in [9.17, 15) is 4.39 Å². The molecule has 0 bridgehead atoms. The molecule has 18 heavy (non-hydrogen) atoms. The van der Waals surface area contributed by atoms with Crippen LogP contribution in [0, 0.1) is 5.82 Å². The Hall–Kier alpha value is -2.32. The molecule has 2 rings (SSSR count). The van der Waals surface area contributed by atoms with E-state index in [2.05, 4.69) is 10.0 Å². The quantitative estimate of drug-likeness (QED) is 0.428. The summed E-state index contributed by atoms with van der Waals surface area (Å²) in [5.41, 5.74) is 10.9. The van der Waals surface area contributed by atoms with Gasteiger partial charge in [-0.3, -0.25) is 0 Å². The van der Waals surface area contributed by atoms with Crippen molar-refractivity contribution in [1.82, 2.24) is 0 Å². The van der Waals surface area contributed by atoms with Crippen molar-refractivity contribution in [1.29, 1.82) is 0 Å². The third-order valence-electron chi connectivity index (χ3n) is 2.72. The summed E-state index contributed by atoms with van der Waals surface area (Å²) in [6.07, 6.45) is 1.44. The summed E-state index contributed by atoms with van der Waals surface area (Å²) in [5, 5.41) is 3.57. The second-order valence-electron chi connectivity index (χ2n) is 3.95. The minimum absolute atomic E-state index is 0.310. The lowest BCUT2D eigenvalue weighted by Gasteiger charge is -2.05. The summed E-state index contributed by atoms with van der Waals surface area (Å²) in [5.74, 6) is -0.310. The van der Waals surface area contributed by atoms with Crippen LogP contribution in [0.5, 0.6) is 0 Å². The Morgan fingerprint density at radius 1 is 1.06 bits per heavy atom. The average Bonchev–Trinajstić information content (AvgIpc) is 2.40. The molecule has 0 aliphatic carbocycles. The Morgan fingerprint density at radius 3 is 2.56 bits per heavy atom. The first kappa shape index (κ1) is 12.1. The predicted molar refractivity (Wildman–Crippen MR) is 69.1 cm³/mol. The van der Waals surface area contributed by atoms with Gasteiger partial charge in [0, 0.05) is 10.6 Å². The number of hydrogen-bond donors (Lipinski definition) is 0. The number of azide groups is 1. The molecular formula is C14H12FN3. The fraction of sp³-hybridized carbons (Fsp3) is 0.143. The predicted octanol–water partition coefficient (Wildman–Crippen LogP) is 4.55. The van der Waals surface area contributed by atoms with Crippen LogP contribution in [0.1, 0.15) is 11.1 Å². The second-order valence-corrected chi connectivity index (χ2v) is 3.95. The molecule has 0 saturated carbocycles. The molecule has 90 valence electrons. The number of benzene rings is 2. The Kier molecular flexibility index (Phi) is 3.94. The summed E-state index contributed by atoms with van der Waals surface area (Å²) in [7, 11) is 0. The molecule has 2 aromatic carbocycles. The molecule has 0 saturated heterocycles. The summed E-state index contributed by atoms with van der Waals surface area (Å²) in [4.78, 5) is 2.75. The zero-order chi connectivity index (χ0) is 12.8. The standard InChI is InChI=1S/C14H12FN3/c15-13-8-9-14(17-18-16)12(10-13)7-6-11-4-2-1-3-5-11/h1-5,8-10H,6-7H2. The van der Waals surface area contributed by atoms with Crippen molar-refractivity contribution >= 4 is 5.69 Å². The molecule has 0 N–H and O–H groups in total. The van der Waals surface area contributed by atoms with Crippen molar-refractivity contribution < 1.29 is 4.39 Å². The molecule has 0 heterocycles. The molecule has 0 amide bonds. The maximum absolute atomic E-state index is 13.2. The van der Waals surface area contributed by atoms with Gasteiger partial charge >= 0.3 is 0 Å². The zero-order valence-corrected chi connectivity index (χ0v) is 9.75. The summed E-state index contributed by atoms with van der Waals surface area (Å²) in [6, 6.07) is 14.2. The van der Waals surface area contributed by atoms with Crippen LogP contribution in [0.4, 0.5) is 10.1 Å². The van der Waals surface area contributed by atoms with E-state index in [0.29, 0.717) is 12.1 Å². The topological polar surface area (TPSA) is 48.8 Å². The van der Waals surface area contributed by atoms with Crippen molar-refractivity contribution in [2.75, 3.05) is 0 Å². The van der Waals surface area contributed by atoms with Gasteiger partial charge in [0.25, 0.3) is 0 Å². The van der Waals surface area contributed by atoms with Gasteiger partial charge in [0.05, 0.1) is 0 Å². The molecule has 0 unspecified atom stereocenters. The zero-order valence-electron chi connectivity index (χ0n) is 9.75. The van der Waals surface area contributed by atoms with Crippen LogP contribution < -0.4 is 0 Å². The van der Waals surface area contributed by atoms with E-state index in [1.54, 1.807) is 0 Å². The number of nitrogens with zero attached hydrogens (tertiary/aromatic N) is 3. The van der Waals surface area contributed by atoms with Gasteiger partial charge in [0.2, 0.25) is 0 Å². The summed E-state index contributed by atoms with van der Waals surface area (Å²) >= 11 is 0. The van der Waals surface area contributed by atoms with E-state index in [1.807, 2.05) is 30.3 Å². The monoisotopic (exact) mass is 241 g/mol. The molecule has 2 aromatic rings. The normalized spacial score (nSPS) is 9.83. The van der Waals surface area contributed by atoms with E-state index < -0.39 is 0 Å². The smallest absolute Gasteiger partial charge is 0.123 e. The molecule has 0 radical (unpaired) electrons. The van der Waals surface area contributed by atoms with E-state index in [1.165, 1.54) is 23.8 Å². The van der Waals surface area contributed by atoms with E-state index >= 15 is 0 Å². The largest absolute Gasteiger partial charge is 0.207 e. The Morgan fingerprint density at radius 2 is 1.83 bits per heavy atom. The summed E-state index contributed by atoms with van der Waals surface area (Å²) in [6.45, 7) is 0. The number of hydrogen-bond acceptors (Lipinski definition) is 1. The van der Waals surface area contributed by atoms with Crippen molar-refractivity contribution in [2.45, 2.75) is 12.8 Å². The van der Waals surface area contributed by atoms with Gasteiger partial charge in [0.1, 0.15) is 5.82 Å². The fourth-order valence-electron chi connectivity index (χ4n) is 1.82. The van der Waals surface area contributed by atoms with Crippen LogP contribution in [0.25, 0.3) is 10.4 Å². The van der Waals surface area contributed by atoms with Crippen LogP contribution >= 0.6 is 0 Å². The Bertz CT molecular complexity index is 575. The van der Waals surface area contributed by atoms with Gasteiger partial charge in [-0.1, -0.05) is 35.4 Å². The Labute approximate surface area is 105 Å². The highest BCUT2D eigenvalue weighted by atomic mass is 19.1. The SMILES string of the molecule is [N-]=[N+]=Nc1ccc(F)cc1CCc1ccccc1. The van der Waals surface area contributed by atoms with Crippen molar-refractivity contribution in [3.05, 3.63) is 75.9 Å². The maximum Gasteiger partial charge on any atom is 0.123 e. The van der Waals surface area contributed by atoms with Gasteiger partial charge in [-0.2, -0.15) is 0 Å². The van der Waals surface area contributed by atoms with Gasteiger partial charge in [-0.25, -0.2) is 4.39 Å². The third kappa shape index (κ3) is 3.09. The minimum Gasteiger partial charge on any atom is -0.207 e. The molecule has 0 atom stereocenters. The molecule has 0 aliphatic heterocycles. The van der Waals surface area contributed by atoms with Crippen LogP contribution in [-0.4, -0.2) is 0 Å². The lowest BCUT2D eigenvalue weighted by Crippen LogP contribution is -1.92. The molecule has 0 fully saturated rings. The highest BCUT2D eigenvalue weighted by Gasteiger charge is 2.03. The van der Waals surface area contributed by atoms with Gasteiger partial charge in [0.15, 0.2) is 0 Å². The first-order valence-electron chi connectivity index (χ1n) is 5.67. The lowest BCUT2D eigenvalue weighted by atomic mass is 10.0. The molecular weight excluding hydrogens is 229 g/mol. The van der Waals surface area contributed by atoms with Crippen LogP contribution in [0.2, 0.25) is 0 Å². The van der Waals surface area contributed by atoms with Crippen LogP contribution in [-0.2, 0) is 12.8 Å². The van der Waals surface area contributed by atoms with Gasteiger partial charge in [-0.15, -0.1) is 0 Å². The average molecular weight is 241 g/mol. The molecule has 4 heteroatoms. The highest BCUT2D eigenvalue weighted by Crippen LogP contribution is 2.22. The number of rotatable bonds is 4. The lowest BCUT2D eigenvalue weighted by molar-refractivity contribution is 0.625.